The predicted molar refractivity (Wildman–Crippen MR) is 106 cm³/mol. The minimum absolute atomic E-state index is 0.121. The first-order valence-corrected chi connectivity index (χ1v) is 9.40. The van der Waals surface area contributed by atoms with Crippen LogP contribution in [0.4, 0.5) is 0 Å². The molecule has 1 aromatic carbocycles. The second-order valence-electron chi connectivity index (χ2n) is 6.00. The molecule has 0 bridgehead atoms. The van der Waals surface area contributed by atoms with Gasteiger partial charge in [-0.3, -0.25) is 4.79 Å². The highest BCUT2D eigenvalue weighted by Crippen LogP contribution is 2.33. The molecule has 0 atom stereocenters. The topological polar surface area (TPSA) is 79.7 Å². The molecule has 0 aliphatic heterocycles. The third-order valence-corrected chi connectivity index (χ3v) is 5.13. The molecule has 0 amide bonds. The number of aryl methyl sites for hydroxylation is 2. The highest BCUT2D eigenvalue weighted by atomic mass is 35.5. The Balaban J connectivity index is 2.28. The van der Waals surface area contributed by atoms with Gasteiger partial charge in [-0.05, 0) is 38.0 Å². The van der Waals surface area contributed by atoms with Crippen molar-refractivity contribution in [2.24, 2.45) is 0 Å². The van der Waals surface area contributed by atoms with E-state index in [4.69, 9.17) is 37.4 Å². The molecule has 0 N–H and O–H groups in total. The molecule has 9 heteroatoms. The van der Waals surface area contributed by atoms with Crippen LogP contribution in [0, 0.1) is 13.8 Å². The van der Waals surface area contributed by atoms with Gasteiger partial charge in [0.1, 0.15) is 12.2 Å². The van der Waals surface area contributed by atoms with Crippen molar-refractivity contribution in [3.63, 3.8) is 0 Å². The third kappa shape index (κ3) is 4.84. The van der Waals surface area contributed by atoms with Crippen molar-refractivity contribution in [3.8, 4) is 5.88 Å². The summed E-state index contributed by atoms with van der Waals surface area (Å²) in [6.07, 6.45) is 1.40. The number of esters is 1. The molecule has 2 aromatic rings. The lowest BCUT2D eigenvalue weighted by Crippen LogP contribution is -2.19. The number of methoxy groups -OCH3 is 1. The maximum atomic E-state index is 13.1. The first kappa shape index (κ1) is 22.2. The normalized spacial score (nSPS) is 10.8. The number of aromatic nitrogens is 2. The third-order valence-electron chi connectivity index (χ3n) is 4.06. The standard InChI is InChI=1S/C19H22Cl2N2O5/c1-5-23-19(28-10-15(24)27-7-6-26-4)14(9-22-23)18(25)13-8-11(2)16(20)12(3)17(13)21/h8-9H,5-7,10H2,1-4H3. The smallest absolute Gasteiger partial charge is 0.344 e. The number of hydrogen-bond donors (Lipinski definition) is 0. The number of ether oxygens (including phenoxy) is 3. The molecule has 1 aromatic heterocycles. The summed E-state index contributed by atoms with van der Waals surface area (Å²) in [5, 5.41) is 4.94. The monoisotopic (exact) mass is 428 g/mol. The van der Waals surface area contributed by atoms with Crippen LogP contribution in [-0.4, -0.2) is 48.5 Å². The fraction of sp³-hybridized carbons (Fsp3) is 0.421. The van der Waals surface area contributed by atoms with E-state index in [0.29, 0.717) is 22.7 Å². The van der Waals surface area contributed by atoms with E-state index >= 15 is 0 Å². The summed E-state index contributed by atoms with van der Waals surface area (Å²) >= 11 is 12.6. The van der Waals surface area contributed by atoms with Crippen LogP contribution in [0.5, 0.6) is 5.88 Å². The number of ketones is 1. The zero-order valence-corrected chi connectivity index (χ0v) is 17.7. The second kappa shape index (κ2) is 9.91. The van der Waals surface area contributed by atoms with Crippen molar-refractivity contribution in [1.82, 2.24) is 9.78 Å². The first-order valence-electron chi connectivity index (χ1n) is 8.64. The van der Waals surface area contributed by atoms with Gasteiger partial charge in [0, 0.05) is 24.2 Å². The lowest BCUT2D eigenvalue weighted by molar-refractivity contribution is -0.147. The summed E-state index contributed by atoms with van der Waals surface area (Å²) < 4.78 is 16.8. The number of nitrogens with zero attached hydrogens (tertiary/aromatic N) is 2. The molecule has 7 nitrogen and oxygen atoms in total. The van der Waals surface area contributed by atoms with Gasteiger partial charge in [0.2, 0.25) is 11.7 Å². The van der Waals surface area contributed by atoms with Crippen molar-refractivity contribution >= 4 is 35.0 Å². The molecule has 0 fully saturated rings. The quantitative estimate of drug-likeness (QED) is 0.344. The van der Waals surface area contributed by atoms with E-state index in [1.807, 2.05) is 6.92 Å². The minimum atomic E-state index is -0.574. The molecular weight excluding hydrogens is 407 g/mol. The van der Waals surface area contributed by atoms with Gasteiger partial charge in [-0.25, -0.2) is 9.48 Å². The Morgan fingerprint density at radius 2 is 1.86 bits per heavy atom. The van der Waals surface area contributed by atoms with Gasteiger partial charge in [-0.15, -0.1) is 0 Å². The van der Waals surface area contributed by atoms with Crippen molar-refractivity contribution in [1.29, 1.82) is 0 Å². The van der Waals surface area contributed by atoms with E-state index in [2.05, 4.69) is 5.10 Å². The molecule has 0 aliphatic rings. The van der Waals surface area contributed by atoms with E-state index in [-0.39, 0.29) is 42.1 Å². The lowest BCUT2D eigenvalue weighted by Gasteiger charge is -2.12. The van der Waals surface area contributed by atoms with Gasteiger partial charge in [0.25, 0.3) is 0 Å². The Morgan fingerprint density at radius 3 is 2.50 bits per heavy atom. The van der Waals surface area contributed by atoms with Crippen molar-refractivity contribution in [2.45, 2.75) is 27.3 Å². The van der Waals surface area contributed by atoms with Crippen LogP contribution in [0.25, 0.3) is 0 Å². The zero-order valence-electron chi connectivity index (χ0n) is 16.2. The molecule has 0 aliphatic carbocycles. The second-order valence-corrected chi connectivity index (χ2v) is 6.76. The van der Waals surface area contributed by atoms with E-state index in [1.165, 1.54) is 18.0 Å². The average Bonchev–Trinajstić information content (AvgIpc) is 3.10. The summed E-state index contributed by atoms with van der Waals surface area (Å²) in [7, 11) is 1.51. The fourth-order valence-electron chi connectivity index (χ4n) is 2.56. The van der Waals surface area contributed by atoms with Crippen LogP contribution in [-0.2, 0) is 20.8 Å². The summed E-state index contributed by atoms with van der Waals surface area (Å²) in [5.74, 6) is -0.761. The van der Waals surface area contributed by atoms with Crippen molar-refractivity contribution in [3.05, 3.63) is 44.6 Å². The number of hydrogen-bond acceptors (Lipinski definition) is 6. The van der Waals surface area contributed by atoms with Crippen LogP contribution in [0.2, 0.25) is 10.0 Å². The van der Waals surface area contributed by atoms with Gasteiger partial charge in [-0.1, -0.05) is 23.2 Å². The Labute approximate surface area is 173 Å². The Bertz CT molecular complexity index is 880. The Morgan fingerprint density at radius 1 is 1.14 bits per heavy atom. The lowest BCUT2D eigenvalue weighted by atomic mass is 10.0. The number of carbonyl (C=O) groups is 2. The number of halogens is 2. The predicted octanol–water partition coefficient (Wildman–Crippen LogP) is 3.63. The molecule has 0 saturated carbocycles. The Kier molecular flexibility index (Phi) is 7.86. The van der Waals surface area contributed by atoms with Crippen LogP contribution in [0.15, 0.2) is 12.3 Å². The van der Waals surface area contributed by atoms with E-state index in [9.17, 15) is 9.59 Å². The molecule has 2 rings (SSSR count). The molecular formula is C19H22Cl2N2O5. The SMILES string of the molecule is CCn1ncc(C(=O)c2cc(C)c(Cl)c(C)c2Cl)c1OCC(=O)OCCOC. The molecule has 0 radical (unpaired) electrons. The maximum Gasteiger partial charge on any atom is 0.344 e. The molecule has 28 heavy (non-hydrogen) atoms. The summed E-state index contributed by atoms with van der Waals surface area (Å²) in [6.45, 7) is 5.89. The fourth-order valence-corrected chi connectivity index (χ4v) is 3.00. The van der Waals surface area contributed by atoms with Crippen LogP contribution in [0.1, 0.15) is 34.0 Å². The van der Waals surface area contributed by atoms with Gasteiger partial charge >= 0.3 is 5.97 Å². The maximum absolute atomic E-state index is 13.1. The highest BCUT2D eigenvalue weighted by molar-refractivity contribution is 6.39. The van der Waals surface area contributed by atoms with Gasteiger partial charge < -0.3 is 14.2 Å². The molecule has 0 saturated heterocycles. The van der Waals surface area contributed by atoms with Gasteiger partial charge in [0.15, 0.2) is 6.61 Å². The van der Waals surface area contributed by atoms with Gasteiger partial charge in [-0.2, -0.15) is 5.10 Å². The zero-order chi connectivity index (χ0) is 20.8. The largest absolute Gasteiger partial charge is 0.465 e. The van der Waals surface area contributed by atoms with Crippen molar-refractivity contribution < 1.29 is 23.8 Å². The molecule has 152 valence electrons. The van der Waals surface area contributed by atoms with Crippen LogP contribution < -0.4 is 4.74 Å². The highest BCUT2D eigenvalue weighted by Gasteiger charge is 2.24. The van der Waals surface area contributed by atoms with Crippen LogP contribution >= 0.6 is 23.2 Å². The van der Waals surface area contributed by atoms with Gasteiger partial charge in [0.05, 0.1) is 17.8 Å². The minimum Gasteiger partial charge on any atom is -0.465 e. The molecule has 1 heterocycles. The number of rotatable bonds is 9. The van der Waals surface area contributed by atoms with E-state index in [0.717, 1.165) is 5.56 Å². The Hall–Kier alpha value is -2.09. The number of benzene rings is 1. The average molecular weight is 429 g/mol. The molecule has 0 unspecified atom stereocenters. The molecule has 0 spiro atoms. The van der Waals surface area contributed by atoms with E-state index < -0.39 is 5.97 Å². The van der Waals surface area contributed by atoms with E-state index in [1.54, 1.807) is 19.9 Å². The number of carbonyl (C=O) groups excluding carboxylic acids is 2. The van der Waals surface area contributed by atoms with Crippen molar-refractivity contribution in [2.75, 3.05) is 26.9 Å². The summed E-state index contributed by atoms with van der Waals surface area (Å²) in [4.78, 5) is 24.9. The summed E-state index contributed by atoms with van der Waals surface area (Å²) in [6, 6.07) is 1.63. The summed E-state index contributed by atoms with van der Waals surface area (Å²) in [5.41, 5.74) is 1.86. The van der Waals surface area contributed by atoms with Crippen LogP contribution in [0.3, 0.4) is 0 Å². The first-order chi connectivity index (χ1) is 13.3.